The molecular formula is C14H20O9. The van der Waals surface area contributed by atoms with E-state index in [9.17, 15) is 20.4 Å². The van der Waals surface area contributed by atoms with Crippen LogP contribution >= 0.6 is 0 Å². The van der Waals surface area contributed by atoms with E-state index < -0.39 is 61.2 Å². The van der Waals surface area contributed by atoms with Gasteiger partial charge in [-0.3, -0.25) is 0 Å². The van der Waals surface area contributed by atoms with Crippen molar-refractivity contribution < 1.29 is 44.5 Å². The molecule has 3 aliphatic heterocycles. The predicted octanol–water partition coefficient (Wildman–Crippen LogP) is -2.95. The van der Waals surface area contributed by atoms with Crippen molar-refractivity contribution in [3.63, 3.8) is 0 Å². The third kappa shape index (κ3) is 2.09. The van der Waals surface area contributed by atoms with Crippen molar-refractivity contribution in [1.29, 1.82) is 0 Å². The first-order chi connectivity index (χ1) is 11.0. The molecule has 10 atom stereocenters. The molecule has 0 spiro atoms. The van der Waals surface area contributed by atoms with Crippen LogP contribution in [0.1, 0.15) is 0 Å². The van der Waals surface area contributed by atoms with Crippen molar-refractivity contribution in [3.8, 4) is 0 Å². The number of aliphatic hydroxyl groups is 5. The van der Waals surface area contributed by atoms with E-state index >= 15 is 0 Å². The molecule has 23 heavy (non-hydrogen) atoms. The van der Waals surface area contributed by atoms with Crippen LogP contribution in [0.25, 0.3) is 0 Å². The lowest BCUT2D eigenvalue weighted by molar-refractivity contribution is -0.275. The van der Waals surface area contributed by atoms with Crippen molar-refractivity contribution in [1.82, 2.24) is 0 Å². The Bertz CT molecular complexity index is 499. The summed E-state index contributed by atoms with van der Waals surface area (Å²) < 4.78 is 21.8. The summed E-state index contributed by atoms with van der Waals surface area (Å²) in [7, 11) is 0. The maximum Gasteiger partial charge on any atom is 0.208 e. The summed E-state index contributed by atoms with van der Waals surface area (Å²) >= 11 is 0. The van der Waals surface area contributed by atoms with Crippen LogP contribution in [0.15, 0.2) is 12.3 Å². The highest BCUT2D eigenvalue weighted by atomic mass is 16.8. The molecule has 3 heterocycles. The number of epoxide rings is 1. The second kappa shape index (κ2) is 5.36. The molecule has 3 fully saturated rings. The van der Waals surface area contributed by atoms with Crippen LogP contribution < -0.4 is 0 Å². The third-order valence-corrected chi connectivity index (χ3v) is 5.27. The lowest BCUT2D eigenvalue weighted by Gasteiger charge is -2.36. The van der Waals surface area contributed by atoms with Gasteiger partial charge in [-0.05, 0) is 6.08 Å². The Kier molecular flexibility index (Phi) is 3.67. The first-order valence-electron chi connectivity index (χ1n) is 7.60. The van der Waals surface area contributed by atoms with Gasteiger partial charge in [-0.15, -0.1) is 0 Å². The molecule has 9 heteroatoms. The number of aliphatic hydroxyl groups excluding tert-OH is 5. The number of hydrogen-bond acceptors (Lipinski definition) is 9. The van der Waals surface area contributed by atoms with Gasteiger partial charge in [0, 0.05) is 5.92 Å². The summed E-state index contributed by atoms with van der Waals surface area (Å²) in [4.78, 5) is 0. The predicted molar refractivity (Wildman–Crippen MR) is 70.5 cm³/mol. The number of fused-ring (bicyclic) bond motifs is 3. The molecule has 9 nitrogen and oxygen atoms in total. The van der Waals surface area contributed by atoms with Gasteiger partial charge in [-0.1, -0.05) is 0 Å². The zero-order valence-corrected chi connectivity index (χ0v) is 12.1. The molecule has 5 N–H and O–H groups in total. The molecular weight excluding hydrogens is 312 g/mol. The van der Waals surface area contributed by atoms with E-state index in [2.05, 4.69) is 0 Å². The molecule has 0 amide bonds. The molecule has 1 aliphatic carbocycles. The summed E-state index contributed by atoms with van der Waals surface area (Å²) in [6.45, 7) is -0.747. The minimum absolute atomic E-state index is 0.289. The smallest absolute Gasteiger partial charge is 0.208 e. The largest absolute Gasteiger partial charge is 0.472 e. The molecule has 10 unspecified atom stereocenters. The van der Waals surface area contributed by atoms with Crippen LogP contribution in [0, 0.1) is 11.8 Å². The molecule has 4 rings (SSSR count). The van der Waals surface area contributed by atoms with Gasteiger partial charge in [-0.2, -0.15) is 0 Å². The highest BCUT2D eigenvalue weighted by molar-refractivity contribution is 5.24. The Morgan fingerprint density at radius 1 is 1.04 bits per heavy atom. The quantitative estimate of drug-likeness (QED) is 0.342. The van der Waals surface area contributed by atoms with Crippen LogP contribution in [-0.4, -0.2) is 87.4 Å². The zero-order chi connectivity index (χ0) is 16.4. The van der Waals surface area contributed by atoms with Crippen LogP contribution in [0.2, 0.25) is 0 Å². The minimum Gasteiger partial charge on any atom is -0.472 e. The Morgan fingerprint density at radius 2 is 1.83 bits per heavy atom. The number of hydrogen-bond donors (Lipinski definition) is 5. The van der Waals surface area contributed by atoms with Gasteiger partial charge in [0.05, 0.1) is 31.5 Å². The van der Waals surface area contributed by atoms with Gasteiger partial charge >= 0.3 is 0 Å². The summed E-state index contributed by atoms with van der Waals surface area (Å²) in [6.07, 6.45) is -3.84. The van der Waals surface area contributed by atoms with Crippen LogP contribution in [-0.2, 0) is 18.9 Å². The molecule has 1 saturated carbocycles. The third-order valence-electron chi connectivity index (χ3n) is 5.27. The fourth-order valence-corrected chi connectivity index (χ4v) is 3.97. The van der Waals surface area contributed by atoms with Crippen molar-refractivity contribution in [2.45, 2.75) is 48.7 Å². The maximum absolute atomic E-state index is 10.2. The molecule has 4 aliphatic rings. The second-order valence-corrected chi connectivity index (χ2v) is 6.42. The first kappa shape index (κ1) is 15.7. The highest BCUT2D eigenvalue weighted by Crippen LogP contribution is 2.59. The molecule has 0 radical (unpaired) electrons. The van der Waals surface area contributed by atoms with Crippen molar-refractivity contribution >= 4 is 0 Å². The standard InChI is InChI=1S/C14H20O9/c15-3-6-9(18)10(19)13(21-6)22-12-7-5(1-2-20-12)8(17)11-14(7,4-16)23-11/h1-2,5-13,15-19H,3-4H2. The van der Waals surface area contributed by atoms with Gasteiger partial charge in [0.2, 0.25) is 6.29 Å². The van der Waals surface area contributed by atoms with E-state index in [1.54, 1.807) is 6.08 Å². The summed E-state index contributed by atoms with van der Waals surface area (Å²) in [5.41, 5.74) is -0.932. The molecule has 0 bridgehead atoms. The van der Waals surface area contributed by atoms with E-state index in [1.807, 2.05) is 0 Å². The van der Waals surface area contributed by atoms with E-state index in [1.165, 1.54) is 6.26 Å². The second-order valence-electron chi connectivity index (χ2n) is 6.42. The molecule has 0 aromatic carbocycles. The van der Waals surface area contributed by atoms with Crippen LogP contribution in [0.5, 0.6) is 0 Å². The summed E-state index contributed by atoms with van der Waals surface area (Å²) in [6, 6.07) is 0. The van der Waals surface area contributed by atoms with Crippen molar-refractivity contribution in [2.24, 2.45) is 11.8 Å². The average Bonchev–Trinajstić information content (AvgIpc) is 3.18. The van der Waals surface area contributed by atoms with Gasteiger partial charge in [0.15, 0.2) is 6.29 Å². The average molecular weight is 332 g/mol. The Labute approximate surface area is 131 Å². The Balaban J connectivity index is 1.52. The fourth-order valence-electron chi connectivity index (χ4n) is 3.97. The van der Waals surface area contributed by atoms with Crippen LogP contribution in [0.4, 0.5) is 0 Å². The minimum atomic E-state index is -1.34. The van der Waals surface area contributed by atoms with E-state index in [-0.39, 0.29) is 12.5 Å². The van der Waals surface area contributed by atoms with Crippen molar-refractivity contribution in [2.75, 3.05) is 13.2 Å². The summed E-state index contributed by atoms with van der Waals surface area (Å²) in [5, 5.41) is 48.7. The molecule has 0 aromatic heterocycles. The maximum atomic E-state index is 10.2. The van der Waals surface area contributed by atoms with Gasteiger partial charge in [-0.25, -0.2) is 0 Å². The van der Waals surface area contributed by atoms with E-state index in [4.69, 9.17) is 24.1 Å². The fraction of sp³-hybridized carbons (Fsp3) is 0.857. The van der Waals surface area contributed by atoms with Gasteiger partial charge < -0.3 is 44.5 Å². The first-order valence-corrected chi connectivity index (χ1v) is 7.60. The van der Waals surface area contributed by atoms with Gasteiger partial charge in [0.25, 0.3) is 0 Å². The molecule has 130 valence electrons. The lowest BCUT2D eigenvalue weighted by Crippen LogP contribution is -2.46. The summed E-state index contributed by atoms with van der Waals surface area (Å²) in [5.74, 6) is -0.782. The van der Waals surface area contributed by atoms with Gasteiger partial charge in [0.1, 0.15) is 30.0 Å². The van der Waals surface area contributed by atoms with Crippen molar-refractivity contribution in [3.05, 3.63) is 12.3 Å². The van der Waals surface area contributed by atoms with E-state index in [0.717, 1.165) is 0 Å². The normalized spacial score (nSPS) is 57.0. The topological polar surface area (TPSA) is 141 Å². The number of ether oxygens (including phenoxy) is 4. The van der Waals surface area contributed by atoms with E-state index in [0.29, 0.717) is 0 Å². The molecule has 0 aromatic rings. The Morgan fingerprint density at radius 3 is 2.48 bits per heavy atom. The SMILES string of the molecule is OCC1OC(OC2OC=CC3C(O)C4OC4(CO)C23)C(O)C1O. The Hall–Kier alpha value is -0.780. The number of rotatable bonds is 4. The zero-order valence-electron chi connectivity index (χ0n) is 12.1. The lowest BCUT2D eigenvalue weighted by atomic mass is 9.86. The molecule has 2 saturated heterocycles. The highest BCUT2D eigenvalue weighted by Gasteiger charge is 2.75. The van der Waals surface area contributed by atoms with Crippen LogP contribution in [0.3, 0.4) is 0 Å². The monoisotopic (exact) mass is 332 g/mol.